The smallest absolute Gasteiger partial charge is 0.325 e. The third-order valence-corrected chi connectivity index (χ3v) is 5.38. The zero-order valence-corrected chi connectivity index (χ0v) is 18.4. The fourth-order valence-corrected chi connectivity index (χ4v) is 3.70. The first-order chi connectivity index (χ1) is 16.9. The van der Waals surface area contributed by atoms with Gasteiger partial charge in [-0.15, -0.1) is 0 Å². The van der Waals surface area contributed by atoms with Gasteiger partial charge in [0, 0.05) is 17.3 Å². The summed E-state index contributed by atoms with van der Waals surface area (Å²) in [6, 6.07) is 12.8. The lowest BCUT2D eigenvalue weighted by Crippen LogP contribution is -2.41. The minimum Gasteiger partial charge on any atom is -0.325 e. The monoisotopic (exact) mass is 468 g/mol. The molecule has 2 aromatic carbocycles. The lowest BCUT2D eigenvalue weighted by atomic mass is 10.1. The van der Waals surface area contributed by atoms with Gasteiger partial charge in [0.25, 0.3) is 0 Å². The quantitative estimate of drug-likeness (QED) is 0.405. The van der Waals surface area contributed by atoms with Crippen molar-refractivity contribution in [2.45, 2.75) is 13.5 Å². The molecule has 0 aliphatic heterocycles. The van der Waals surface area contributed by atoms with E-state index in [4.69, 9.17) is 0 Å². The van der Waals surface area contributed by atoms with Crippen LogP contribution in [0.3, 0.4) is 0 Å². The van der Waals surface area contributed by atoms with E-state index >= 15 is 0 Å². The molecule has 0 aliphatic rings. The molecule has 5 aromatic rings. The molecular formula is C24H17FN8O2. The van der Waals surface area contributed by atoms with Crippen LogP contribution in [0, 0.1) is 24.1 Å². The molecule has 35 heavy (non-hydrogen) atoms. The Morgan fingerprint density at radius 3 is 2.77 bits per heavy atom. The van der Waals surface area contributed by atoms with Crippen LogP contribution in [0.2, 0.25) is 0 Å². The summed E-state index contributed by atoms with van der Waals surface area (Å²) < 4.78 is 16.0. The fourth-order valence-electron chi connectivity index (χ4n) is 3.70. The molecule has 5 rings (SSSR count). The van der Waals surface area contributed by atoms with Crippen molar-refractivity contribution < 1.29 is 4.39 Å². The highest BCUT2D eigenvalue weighted by molar-refractivity contribution is 5.82. The third-order valence-electron chi connectivity index (χ3n) is 5.38. The number of hydrogen-bond acceptors (Lipinski definition) is 7. The summed E-state index contributed by atoms with van der Waals surface area (Å²) in [5.41, 5.74) is 1.28. The number of benzene rings is 2. The number of pyridine rings is 1. The number of fused-ring (bicyclic) bond motifs is 1. The molecule has 0 saturated carbocycles. The van der Waals surface area contributed by atoms with Crippen molar-refractivity contribution in [1.29, 1.82) is 5.26 Å². The molecule has 0 aliphatic carbocycles. The number of aryl methyl sites for hydroxylation is 1. The number of nitriles is 1. The predicted molar refractivity (Wildman–Crippen MR) is 126 cm³/mol. The average molecular weight is 468 g/mol. The zero-order chi connectivity index (χ0) is 24.5. The highest BCUT2D eigenvalue weighted by atomic mass is 19.1. The van der Waals surface area contributed by atoms with Crippen LogP contribution < -0.4 is 16.7 Å². The maximum Gasteiger partial charge on any atom is 0.359 e. The molecule has 3 heterocycles. The van der Waals surface area contributed by atoms with Gasteiger partial charge >= 0.3 is 11.4 Å². The van der Waals surface area contributed by atoms with Gasteiger partial charge in [-0.05, 0) is 54.4 Å². The summed E-state index contributed by atoms with van der Waals surface area (Å²) in [5.74, 6) is -0.674. The van der Waals surface area contributed by atoms with E-state index in [1.165, 1.54) is 22.9 Å². The van der Waals surface area contributed by atoms with Gasteiger partial charge in [-0.25, -0.2) is 18.5 Å². The van der Waals surface area contributed by atoms with Crippen LogP contribution in [-0.4, -0.2) is 29.3 Å². The highest BCUT2D eigenvalue weighted by Gasteiger charge is 2.17. The summed E-state index contributed by atoms with van der Waals surface area (Å²) in [7, 11) is 0. The minimum atomic E-state index is -0.789. The molecule has 172 valence electrons. The molecule has 10 nitrogen and oxygen atoms in total. The van der Waals surface area contributed by atoms with E-state index in [9.17, 15) is 19.2 Å². The summed E-state index contributed by atoms with van der Waals surface area (Å²) >= 11 is 0. The van der Waals surface area contributed by atoms with E-state index in [1.54, 1.807) is 49.7 Å². The minimum absolute atomic E-state index is 0.0115. The average Bonchev–Trinajstić information content (AvgIpc) is 3.30. The number of aromatic nitrogens is 6. The normalized spacial score (nSPS) is 10.9. The molecule has 11 heteroatoms. The van der Waals surface area contributed by atoms with Crippen LogP contribution >= 0.6 is 0 Å². The van der Waals surface area contributed by atoms with Crippen LogP contribution in [0.15, 0.2) is 70.6 Å². The summed E-state index contributed by atoms with van der Waals surface area (Å²) in [4.78, 5) is 34.7. The van der Waals surface area contributed by atoms with Gasteiger partial charge in [0.2, 0.25) is 5.95 Å². The third kappa shape index (κ3) is 4.16. The van der Waals surface area contributed by atoms with E-state index in [2.05, 4.69) is 25.5 Å². The summed E-state index contributed by atoms with van der Waals surface area (Å²) in [6.45, 7) is 1.72. The molecule has 0 atom stereocenters. The number of nitrogens with zero attached hydrogens (tertiary/aromatic N) is 6. The predicted octanol–water partition coefficient (Wildman–Crippen LogP) is 2.78. The first-order valence-corrected chi connectivity index (χ1v) is 10.5. The van der Waals surface area contributed by atoms with Crippen LogP contribution in [0.5, 0.6) is 0 Å². The van der Waals surface area contributed by atoms with E-state index in [0.717, 1.165) is 27.1 Å². The SMILES string of the molecule is Cc1cncc(-n2c(=O)nc(Nc3ccc4[nH]ncc4c3)n(Cc3ccc(F)c(C#N)c3)c2=O)c1. The van der Waals surface area contributed by atoms with Crippen LogP contribution in [-0.2, 0) is 6.54 Å². The fraction of sp³-hybridized carbons (Fsp3) is 0.0833. The maximum absolute atomic E-state index is 13.9. The van der Waals surface area contributed by atoms with Gasteiger partial charge in [0.15, 0.2) is 0 Å². The van der Waals surface area contributed by atoms with Crippen molar-refractivity contribution in [1.82, 2.24) is 29.3 Å². The number of halogens is 1. The van der Waals surface area contributed by atoms with Crippen LogP contribution in [0.4, 0.5) is 16.0 Å². The highest BCUT2D eigenvalue weighted by Crippen LogP contribution is 2.20. The Hall–Kier alpha value is -5.11. The molecule has 2 N–H and O–H groups in total. The zero-order valence-electron chi connectivity index (χ0n) is 18.4. The van der Waals surface area contributed by atoms with Crippen LogP contribution in [0.25, 0.3) is 16.6 Å². The topological polar surface area (TPSA) is 134 Å². The van der Waals surface area contributed by atoms with Crippen molar-refractivity contribution in [2.75, 3.05) is 5.32 Å². The largest absolute Gasteiger partial charge is 0.359 e. The number of hydrogen-bond donors (Lipinski definition) is 2. The van der Waals surface area contributed by atoms with E-state index < -0.39 is 17.2 Å². The number of rotatable bonds is 5. The number of nitrogens with one attached hydrogen (secondary N) is 2. The summed E-state index contributed by atoms with van der Waals surface area (Å²) in [6.07, 6.45) is 4.64. The Morgan fingerprint density at radius 2 is 1.97 bits per heavy atom. The Bertz CT molecular complexity index is 1750. The number of aromatic amines is 1. The molecule has 0 unspecified atom stereocenters. The molecule has 0 fully saturated rings. The Balaban J connectivity index is 1.67. The first kappa shape index (κ1) is 21.7. The molecule has 0 saturated heterocycles. The van der Waals surface area contributed by atoms with E-state index in [-0.39, 0.29) is 23.7 Å². The summed E-state index contributed by atoms with van der Waals surface area (Å²) in [5, 5.41) is 19.9. The standard InChI is InChI=1S/C24H17FN8O2/c1-14-6-19(12-27-10-14)33-23(34)30-22(29-18-3-5-21-17(8-18)11-28-31-21)32(24(33)35)13-15-2-4-20(25)16(7-15)9-26/h2-8,10-12H,13H2,1H3,(H,28,31)(H,29,30,34). The van der Waals surface area contributed by atoms with Gasteiger partial charge < -0.3 is 5.32 Å². The lowest BCUT2D eigenvalue weighted by molar-refractivity contribution is 0.620. The Kier molecular flexibility index (Phi) is 5.39. The molecular weight excluding hydrogens is 451 g/mol. The number of H-pyrrole nitrogens is 1. The van der Waals surface area contributed by atoms with Gasteiger partial charge in [0.05, 0.1) is 35.7 Å². The Labute approximate surface area is 197 Å². The molecule has 3 aromatic heterocycles. The van der Waals surface area contributed by atoms with Gasteiger partial charge in [-0.1, -0.05) is 6.07 Å². The second-order valence-corrected chi connectivity index (χ2v) is 7.87. The van der Waals surface area contributed by atoms with Crippen molar-refractivity contribution in [3.63, 3.8) is 0 Å². The van der Waals surface area contributed by atoms with Crippen molar-refractivity contribution in [3.05, 3.63) is 105 Å². The molecule has 0 radical (unpaired) electrons. The maximum atomic E-state index is 13.9. The second-order valence-electron chi connectivity index (χ2n) is 7.87. The molecule has 0 bridgehead atoms. The van der Waals surface area contributed by atoms with Crippen molar-refractivity contribution >= 4 is 22.5 Å². The lowest BCUT2D eigenvalue weighted by Gasteiger charge is -2.16. The van der Waals surface area contributed by atoms with E-state index in [0.29, 0.717) is 11.3 Å². The van der Waals surface area contributed by atoms with Gasteiger partial charge in [-0.3, -0.25) is 14.6 Å². The Morgan fingerprint density at radius 1 is 1.11 bits per heavy atom. The molecule has 0 spiro atoms. The van der Waals surface area contributed by atoms with Crippen molar-refractivity contribution in [3.8, 4) is 11.8 Å². The van der Waals surface area contributed by atoms with Crippen molar-refractivity contribution in [2.24, 2.45) is 0 Å². The molecule has 0 amide bonds. The van der Waals surface area contributed by atoms with Gasteiger partial charge in [0.1, 0.15) is 11.9 Å². The number of anilines is 2. The van der Waals surface area contributed by atoms with E-state index in [1.807, 2.05) is 0 Å². The van der Waals surface area contributed by atoms with Crippen LogP contribution in [0.1, 0.15) is 16.7 Å². The first-order valence-electron chi connectivity index (χ1n) is 10.5. The van der Waals surface area contributed by atoms with Gasteiger partial charge in [-0.2, -0.15) is 15.3 Å². The second kappa shape index (κ2) is 8.68.